The van der Waals surface area contributed by atoms with Gasteiger partial charge in [-0.1, -0.05) is 31.5 Å². The second kappa shape index (κ2) is 7.88. The quantitative estimate of drug-likeness (QED) is 0.679. The van der Waals surface area contributed by atoms with Gasteiger partial charge in [0.15, 0.2) is 0 Å². The third kappa shape index (κ3) is 4.23. The van der Waals surface area contributed by atoms with Gasteiger partial charge in [-0.2, -0.15) is 0 Å². The third-order valence-corrected chi connectivity index (χ3v) is 4.98. The molecular weight excluding hydrogens is 372 g/mol. The summed E-state index contributed by atoms with van der Waals surface area (Å²) in [5.74, 6) is -0.519. The number of nitrogens with one attached hydrogen (secondary N) is 2. The minimum absolute atomic E-state index is 0.0428. The van der Waals surface area contributed by atoms with Crippen LogP contribution >= 0.6 is 22.9 Å². The fourth-order valence-electron chi connectivity index (χ4n) is 2.55. The van der Waals surface area contributed by atoms with Crippen molar-refractivity contribution >= 4 is 40.4 Å². The molecule has 0 saturated heterocycles. The largest absolute Gasteiger partial charge is 0.349 e. The minimum atomic E-state index is -0.615. The molecule has 26 heavy (non-hydrogen) atoms. The lowest BCUT2D eigenvalue weighted by molar-refractivity contribution is -0.124. The topological polar surface area (TPSA) is 75.5 Å². The second-order valence-electron chi connectivity index (χ2n) is 6.24. The molecule has 136 valence electrons. The summed E-state index contributed by atoms with van der Waals surface area (Å²) < 4.78 is 1.81. The molecule has 0 aromatic carbocycles. The van der Waals surface area contributed by atoms with E-state index in [1.807, 2.05) is 35.9 Å². The molecule has 0 fully saturated rings. The molecule has 0 bridgehead atoms. The molecule has 0 radical (unpaired) electrons. The van der Waals surface area contributed by atoms with Gasteiger partial charge in [0.25, 0.3) is 5.91 Å². The van der Waals surface area contributed by atoms with E-state index in [9.17, 15) is 9.59 Å². The van der Waals surface area contributed by atoms with Crippen LogP contribution in [-0.2, 0) is 11.3 Å². The number of halogens is 1. The van der Waals surface area contributed by atoms with Gasteiger partial charge in [0, 0.05) is 12.4 Å². The van der Waals surface area contributed by atoms with Crippen LogP contribution in [0.25, 0.3) is 5.65 Å². The predicted octanol–water partition coefficient (Wildman–Crippen LogP) is 3.12. The van der Waals surface area contributed by atoms with Crippen LogP contribution < -0.4 is 10.6 Å². The average molecular weight is 391 g/mol. The first kappa shape index (κ1) is 18.4. The molecule has 0 aliphatic rings. The Balaban J connectivity index is 1.64. The van der Waals surface area contributed by atoms with Crippen molar-refractivity contribution in [1.29, 1.82) is 0 Å². The zero-order chi connectivity index (χ0) is 18.7. The van der Waals surface area contributed by atoms with E-state index in [1.165, 1.54) is 11.3 Å². The molecule has 1 unspecified atom stereocenters. The maximum atomic E-state index is 12.6. The van der Waals surface area contributed by atoms with E-state index in [4.69, 9.17) is 11.6 Å². The first-order valence-electron chi connectivity index (χ1n) is 8.19. The molecule has 2 amide bonds. The lowest BCUT2D eigenvalue weighted by Crippen LogP contribution is -2.49. The standard InChI is InChI=1S/C18H19ClN4O2S/c1-11(2)16(22-17(24)14-4-3-7-26-14)18(25)20-8-13-10-23-9-12(19)5-6-15(23)21-13/h3-7,9-11,16H,8H2,1-2H3,(H,20,25)(H,22,24). The van der Waals surface area contributed by atoms with Crippen LogP contribution in [0.1, 0.15) is 29.2 Å². The first-order valence-corrected chi connectivity index (χ1v) is 9.45. The minimum Gasteiger partial charge on any atom is -0.349 e. The first-order chi connectivity index (χ1) is 12.4. The number of carbonyl (C=O) groups is 2. The number of pyridine rings is 1. The molecule has 0 aliphatic heterocycles. The second-order valence-corrected chi connectivity index (χ2v) is 7.62. The normalized spacial score (nSPS) is 12.3. The van der Waals surface area contributed by atoms with Gasteiger partial charge in [0.2, 0.25) is 5.91 Å². The van der Waals surface area contributed by atoms with Gasteiger partial charge in [-0.25, -0.2) is 4.98 Å². The van der Waals surface area contributed by atoms with Crippen LogP contribution in [0.15, 0.2) is 42.0 Å². The smallest absolute Gasteiger partial charge is 0.262 e. The molecule has 6 nitrogen and oxygen atoms in total. The summed E-state index contributed by atoms with van der Waals surface area (Å²) in [5.41, 5.74) is 1.47. The van der Waals surface area contributed by atoms with E-state index in [0.29, 0.717) is 15.6 Å². The third-order valence-electron chi connectivity index (χ3n) is 3.89. The number of hydrogen-bond acceptors (Lipinski definition) is 4. The van der Waals surface area contributed by atoms with Gasteiger partial charge in [0.05, 0.1) is 22.1 Å². The number of hydrogen-bond donors (Lipinski definition) is 2. The molecular formula is C18H19ClN4O2S. The molecule has 2 N–H and O–H groups in total. The summed E-state index contributed by atoms with van der Waals surface area (Å²) in [4.78, 5) is 29.8. The highest BCUT2D eigenvalue weighted by Crippen LogP contribution is 2.13. The maximum Gasteiger partial charge on any atom is 0.262 e. The number of thiophene rings is 1. The van der Waals surface area contributed by atoms with Crippen molar-refractivity contribution in [3.63, 3.8) is 0 Å². The SMILES string of the molecule is CC(C)C(NC(=O)c1cccs1)C(=O)NCc1cn2cc(Cl)ccc2n1. The van der Waals surface area contributed by atoms with Gasteiger partial charge in [-0.15, -0.1) is 11.3 Å². The summed E-state index contributed by atoms with van der Waals surface area (Å²) in [6.45, 7) is 4.06. The van der Waals surface area contributed by atoms with E-state index in [0.717, 1.165) is 5.65 Å². The maximum absolute atomic E-state index is 12.6. The summed E-state index contributed by atoms with van der Waals surface area (Å²) in [6.07, 6.45) is 3.57. The average Bonchev–Trinajstić information content (AvgIpc) is 3.26. The number of carbonyl (C=O) groups excluding carboxylic acids is 2. The van der Waals surface area contributed by atoms with Crippen LogP contribution in [0.4, 0.5) is 0 Å². The van der Waals surface area contributed by atoms with Crippen LogP contribution in [0, 0.1) is 5.92 Å². The van der Waals surface area contributed by atoms with Crippen LogP contribution in [0.2, 0.25) is 5.02 Å². The highest BCUT2D eigenvalue weighted by molar-refractivity contribution is 7.12. The molecule has 0 saturated carbocycles. The van der Waals surface area contributed by atoms with Crippen LogP contribution in [-0.4, -0.2) is 27.2 Å². The molecule has 0 spiro atoms. The highest BCUT2D eigenvalue weighted by atomic mass is 35.5. The van der Waals surface area contributed by atoms with Crippen molar-refractivity contribution in [1.82, 2.24) is 20.0 Å². The number of imidazole rings is 1. The number of nitrogens with zero attached hydrogens (tertiary/aromatic N) is 2. The van der Waals surface area contributed by atoms with Crippen molar-refractivity contribution in [3.05, 3.63) is 57.6 Å². The monoisotopic (exact) mass is 390 g/mol. The van der Waals surface area contributed by atoms with Gasteiger partial charge < -0.3 is 15.0 Å². The number of aromatic nitrogens is 2. The lowest BCUT2D eigenvalue weighted by Gasteiger charge is -2.21. The molecule has 3 aromatic heterocycles. The van der Waals surface area contributed by atoms with E-state index >= 15 is 0 Å². The van der Waals surface area contributed by atoms with E-state index in [1.54, 1.807) is 24.4 Å². The molecule has 3 aromatic rings. The van der Waals surface area contributed by atoms with Crippen LogP contribution in [0.3, 0.4) is 0 Å². The van der Waals surface area contributed by atoms with E-state index in [2.05, 4.69) is 15.6 Å². The Kier molecular flexibility index (Phi) is 5.58. The number of amides is 2. The Morgan fingerprint density at radius 3 is 2.77 bits per heavy atom. The summed E-state index contributed by atoms with van der Waals surface area (Å²) in [7, 11) is 0. The summed E-state index contributed by atoms with van der Waals surface area (Å²) in [6, 6.07) is 6.50. The highest BCUT2D eigenvalue weighted by Gasteiger charge is 2.25. The van der Waals surface area contributed by atoms with Crippen molar-refractivity contribution in [2.75, 3.05) is 0 Å². The summed E-state index contributed by atoms with van der Waals surface area (Å²) in [5, 5.41) is 8.09. The fourth-order valence-corrected chi connectivity index (χ4v) is 3.34. The summed E-state index contributed by atoms with van der Waals surface area (Å²) >= 11 is 7.31. The van der Waals surface area contributed by atoms with Gasteiger partial charge >= 0.3 is 0 Å². The Labute approximate surface area is 160 Å². The molecule has 3 rings (SSSR count). The Morgan fingerprint density at radius 2 is 2.08 bits per heavy atom. The zero-order valence-electron chi connectivity index (χ0n) is 14.4. The van der Waals surface area contributed by atoms with E-state index < -0.39 is 6.04 Å². The van der Waals surface area contributed by atoms with Gasteiger partial charge in [0.1, 0.15) is 11.7 Å². The Hall–Kier alpha value is -2.38. The molecule has 8 heteroatoms. The van der Waals surface area contributed by atoms with Crippen molar-refractivity contribution in [2.24, 2.45) is 5.92 Å². The Bertz CT molecular complexity index is 921. The number of fused-ring (bicyclic) bond motifs is 1. The van der Waals surface area contributed by atoms with Crippen molar-refractivity contribution in [3.8, 4) is 0 Å². The van der Waals surface area contributed by atoms with Gasteiger partial charge in [-0.3, -0.25) is 9.59 Å². The predicted molar refractivity (Wildman–Crippen MR) is 102 cm³/mol. The molecule has 0 aliphatic carbocycles. The van der Waals surface area contributed by atoms with Crippen LogP contribution in [0.5, 0.6) is 0 Å². The van der Waals surface area contributed by atoms with Crippen molar-refractivity contribution < 1.29 is 9.59 Å². The lowest BCUT2D eigenvalue weighted by atomic mass is 10.0. The van der Waals surface area contributed by atoms with Gasteiger partial charge in [-0.05, 0) is 29.5 Å². The van der Waals surface area contributed by atoms with Crippen molar-refractivity contribution in [2.45, 2.75) is 26.4 Å². The number of rotatable bonds is 6. The zero-order valence-corrected chi connectivity index (χ0v) is 16.0. The Morgan fingerprint density at radius 1 is 1.27 bits per heavy atom. The molecule has 3 heterocycles. The fraction of sp³-hybridized carbons (Fsp3) is 0.278. The van der Waals surface area contributed by atoms with E-state index in [-0.39, 0.29) is 24.3 Å². The molecule has 1 atom stereocenters.